The number of hydrazone groups is 1. The van der Waals surface area contributed by atoms with Crippen LogP contribution in [0.3, 0.4) is 0 Å². The third kappa shape index (κ3) is 6.93. The lowest BCUT2D eigenvalue weighted by molar-refractivity contribution is -0.152. The Balaban J connectivity index is 1.56. The third-order valence-electron chi connectivity index (χ3n) is 4.78. The number of ether oxygens (including phenoxy) is 2. The fourth-order valence-electron chi connectivity index (χ4n) is 3.22. The molecule has 2 heterocycles. The Bertz CT molecular complexity index is 1010. The molecule has 0 aliphatic carbocycles. The Hall–Kier alpha value is -3.62. The van der Waals surface area contributed by atoms with E-state index in [1.165, 1.54) is 5.01 Å². The van der Waals surface area contributed by atoms with Crippen molar-refractivity contribution in [2.24, 2.45) is 5.10 Å². The van der Waals surface area contributed by atoms with Gasteiger partial charge in [0, 0.05) is 13.0 Å². The number of nitrogens with one attached hydrogen (secondary N) is 1. The van der Waals surface area contributed by atoms with Crippen LogP contribution in [0.1, 0.15) is 56.5 Å². The smallest absolute Gasteiger partial charge is 0.407 e. The maximum atomic E-state index is 12.8. The normalized spacial score (nSPS) is 15.7. The predicted molar refractivity (Wildman–Crippen MR) is 120 cm³/mol. The number of hydrogen-bond donors (Lipinski definition) is 1. The molecular weight excluding hydrogens is 426 g/mol. The van der Waals surface area contributed by atoms with Crippen LogP contribution >= 0.6 is 0 Å². The topological polar surface area (TPSA) is 110 Å². The van der Waals surface area contributed by atoms with Gasteiger partial charge in [-0.3, -0.25) is 9.59 Å². The van der Waals surface area contributed by atoms with Crippen molar-refractivity contribution in [1.29, 1.82) is 0 Å². The highest BCUT2D eigenvalue weighted by atomic mass is 16.6. The average molecular weight is 456 g/mol. The summed E-state index contributed by atoms with van der Waals surface area (Å²) in [6.07, 6.45) is 1.31. The van der Waals surface area contributed by atoms with Gasteiger partial charge in [0.1, 0.15) is 17.4 Å². The number of nitrogens with zero attached hydrogens (tertiary/aromatic N) is 2. The van der Waals surface area contributed by atoms with E-state index in [-0.39, 0.29) is 13.0 Å². The largest absolute Gasteiger partial charge is 0.467 e. The summed E-state index contributed by atoms with van der Waals surface area (Å²) < 4.78 is 15.7. The summed E-state index contributed by atoms with van der Waals surface area (Å²) in [7, 11) is 0. The van der Waals surface area contributed by atoms with E-state index in [1.807, 2.05) is 31.2 Å². The second kappa shape index (κ2) is 10.3. The van der Waals surface area contributed by atoms with E-state index in [4.69, 9.17) is 13.9 Å². The minimum Gasteiger partial charge on any atom is -0.467 e. The lowest BCUT2D eigenvalue weighted by Gasteiger charge is -2.20. The molecule has 1 aliphatic rings. The monoisotopic (exact) mass is 455 g/mol. The van der Waals surface area contributed by atoms with E-state index < -0.39 is 36.2 Å². The zero-order chi connectivity index (χ0) is 24.0. The molecule has 33 heavy (non-hydrogen) atoms. The molecule has 0 saturated carbocycles. The Morgan fingerprint density at radius 3 is 2.55 bits per heavy atom. The first-order chi connectivity index (χ1) is 15.6. The summed E-state index contributed by atoms with van der Waals surface area (Å²) in [6, 6.07) is 11.0. The van der Waals surface area contributed by atoms with Crippen LogP contribution in [0.25, 0.3) is 0 Å². The molecule has 1 aromatic heterocycles. The molecule has 3 rings (SSSR count). The van der Waals surface area contributed by atoms with E-state index in [0.29, 0.717) is 12.2 Å². The van der Waals surface area contributed by atoms with Gasteiger partial charge in [0.25, 0.3) is 5.91 Å². The number of rotatable bonds is 7. The van der Waals surface area contributed by atoms with E-state index in [0.717, 1.165) is 16.8 Å². The second-order valence-electron chi connectivity index (χ2n) is 8.73. The summed E-state index contributed by atoms with van der Waals surface area (Å²) in [5, 5.41) is 8.28. The first kappa shape index (κ1) is 24.0. The van der Waals surface area contributed by atoms with Gasteiger partial charge in [-0.1, -0.05) is 29.8 Å². The predicted octanol–water partition coefficient (Wildman–Crippen LogP) is 3.72. The fourth-order valence-corrected chi connectivity index (χ4v) is 3.22. The van der Waals surface area contributed by atoms with Gasteiger partial charge >= 0.3 is 12.1 Å². The molecule has 0 bridgehead atoms. The van der Waals surface area contributed by atoms with Crippen LogP contribution in [-0.2, 0) is 19.1 Å². The summed E-state index contributed by atoms with van der Waals surface area (Å²) in [4.78, 5) is 36.5. The number of aryl methyl sites for hydroxylation is 1. The lowest BCUT2D eigenvalue weighted by Crippen LogP contribution is -2.34. The summed E-state index contributed by atoms with van der Waals surface area (Å²) in [6.45, 7) is 6.80. The quantitative estimate of drug-likeness (QED) is 0.637. The van der Waals surface area contributed by atoms with Gasteiger partial charge in [-0.25, -0.2) is 9.80 Å². The molecule has 2 aromatic rings. The fraction of sp³-hybridized carbons (Fsp3) is 0.417. The van der Waals surface area contributed by atoms with Gasteiger partial charge in [0.2, 0.25) is 0 Å². The first-order valence-corrected chi connectivity index (χ1v) is 10.7. The van der Waals surface area contributed by atoms with Crippen molar-refractivity contribution < 1.29 is 28.3 Å². The lowest BCUT2D eigenvalue weighted by atomic mass is 10.0. The Morgan fingerprint density at radius 2 is 1.91 bits per heavy atom. The van der Waals surface area contributed by atoms with Crippen molar-refractivity contribution in [2.45, 2.75) is 52.2 Å². The maximum absolute atomic E-state index is 12.8. The van der Waals surface area contributed by atoms with Crippen molar-refractivity contribution in [3.63, 3.8) is 0 Å². The standard InChI is InChI=1S/C24H29N3O6/c1-16-7-9-17(10-8-16)18-14-19(20-6-5-13-31-20)27(26-18)21(28)15-32-22(29)11-12-25-23(30)33-24(2,3)4/h5-10,13,19H,11-12,14-15H2,1-4H3,(H,25,30). The van der Waals surface area contributed by atoms with Crippen LogP contribution in [0.15, 0.2) is 52.2 Å². The Kier molecular flexibility index (Phi) is 7.52. The molecule has 0 fully saturated rings. The van der Waals surface area contributed by atoms with Gasteiger partial charge in [0.05, 0.1) is 18.4 Å². The van der Waals surface area contributed by atoms with Gasteiger partial charge in [-0.15, -0.1) is 0 Å². The minimum atomic E-state index is -0.630. The van der Waals surface area contributed by atoms with Gasteiger partial charge in [0.15, 0.2) is 6.61 Å². The Labute approximate surface area is 192 Å². The number of alkyl carbamates (subject to hydrolysis) is 1. The average Bonchev–Trinajstić information content (AvgIpc) is 3.41. The van der Waals surface area contributed by atoms with Crippen LogP contribution in [-0.4, -0.2) is 47.4 Å². The molecule has 1 aliphatic heterocycles. The zero-order valence-electron chi connectivity index (χ0n) is 19.3. The number of esters is 1. The molecule has 2 amide bonds. The van der Waals surface area contributed by atoms with Crippen molar-refractivity contribution in [1.82, 2.24) is 10.3 Å². The van der Waals surface area contributed by atoms with Crippen molar-refractivity contribution in [2.75, 3.05) is 13.2 Å². The number of furan rings is 1. The van der Waals surface area contributed by atoms with Crippen LogP contribution in [0.5, 0.6) is 0 Å². The van der Waals surface area contributed by atoms with Crippen molar-refractivity contribution in [3.05, 3.63) is 59.5 Å². The molecule has 9 nitrogen and oxygen atoms in total. The second-order valence-corrected chi connectivity index (χ2v) is 8.73. The van der Waals surface area contributed by atoms with Crippen molar-refractivity contribution >= 4 is 23.7 Å². The molecule has 1 unspecified atom stereocenters. The highest BCUT2D eigenvalue weighted by Gasteiger charge is 2.35. The van der Waals surface area contributed by atoms with Crippen LogP contribution in [0.4, 0.5) is 4.79 Å². The number of benzene rings is 1. The third-order valence-corrected chi connectivity index (χ3v) is 4.78. The van der Waals surface area contributed by atoms with Gasteiger partial charge in [-0.05, 0) is 45.4 Å². The molecule has 1 aromatic carbocycles. The summed E-state index contributed by atoms with van der Waals surface area (Å²) in [5.41, 5.74) is 2.16. The highest BCUT2D eigenvalue weighted by Crippen LogP contribution is 2.33. The van der Waals surface area contributed by atoms with Gasteiger partial charge < -0.3 is 19.2 Å². The number of carbonyl (C=O) groups excluding carboxylic acids is 3. The molecule has 1 N–H and O–H groups in total. The van der Waals surface area contributed by atoms with Crippen LogP contribution in [0.2, 0.25) is 0 Å². The SMILES string of the molecule is Cc1ccc(C2=NN(C(=O)COC(=O)CCNC(=O)OC(C)(C)C)C(c3ccco3)C2)cc1. The number of hydrogen-bond acceptors (Lipinski definition) is 7. The summed E-state index contributed by atoms with van der Waals surface area (Å²) >= 11 is 0. The number of amides is 2. The van der Waals surface area contributed by atoms with E-state index in [9.17, 15) is 14.4 Å². The van der Waals surface area contributed by atoms with Crippen LogP contribution in [0, 0.1) is 6.92 Å². The Morgan fingerprint density at radius 1 is 1.18 bits per heavy atom. The van der Waals surface area contributed by atoms with Crippen molar-refractivity contribution in [3.8, 4) is 0 Å². The zero-order valence-corrected chi connectivity index (χ0v) is 19.3. The van der Waals surface area contributed by atoms with E-state index in [1.54, 1.807) is 39.2 Å². The molecule has 0 saturated heterocycles. The molecule has 0 radical (unpaired) electrons. The molecular formula is C24H29N3O6. The molecule has 1 atom stereocenters. The van der Waals surface area contributed by atoms with E-state index in [2.05, 4.69) is 10.4 Å². The molecule has 9 heteroatoms. The minimum absolute atomic E-state index is 0.0381. The first-order valence-electron chi connectivity index (χ1n) is 10.7. The van der Waals surface area contributed by atoms with Crippen LogP contribution < -0.4 is 5.32 Å². The summed E-state index contributed by atoms with van der Waals surface area (Å²) in [5.74, 6) is -0.482. The maximum Gasteiger partial charge on any atom is 0.407 e. The van der Waals surface area contributed by atoms with E-state index >= 15 is 0 Å². The number of carbonyl (C=O) groups is 3. The highest BCUT2D eigenvalue weighted by molar-refractivity contribution is 6.03. The molecule has 176 valence electrons. The van der Waals surface area contributed by atoms with Gasteiger partial charge in [-0.2, -0.15) is 5.10 Å². The molecule has 0 spiro atoms.